The molecule has 2 rings (SSSR count). The Morgan fingerprint density at radius 3 is 2.38 bits per heavy atom. The van der Waals surface area contributed by atoms with E-state index in [1.807, 2.05) is 30.3 Å². The number of ether oxygens (including phenoxy) is 1. The second-order valence-corrected chi connectivity index (χ2v) is 6.72. The van der Waals surface area contributed by atoms with Gasteiger partial charge in [0.25, 0.3) is 5.91 Å². The van der Waals surface area contributed by atoms with Gasteiger partial charge < -0.3 is 20.5 Å². The molecule has 0 saturated heterocycles. The molecular weight excluding hydrogens is 404 g/mol. The van der Waals surface area contributed by atoms with Gasteiger partial charge in [0.15, 0.2) is 6.61 Å². The van der Waals surface area contributed by atoms with E-state index in [0.717, 1.165) is 15.2 Å². The summed E-state index contributed by atoms with van der Waals surface area (Å²) >= 11 is 3.41. The van der Waals surface area contributed by atoms with Crippen molar-refractivity contribution in [3.8, 4) is 5.75 Å². The van der Waals surface area contributed by atoms with Crippen LogP contribution in [-0.2, 0) is 14.4 Å². The first kappa shape index (κ1) is 19.7. The zero-order valence-corrected chi connectivity index (χ0v) is 15.9. The molecule has 0 aliphatic carbocycles. The Labute approximate surface area is 158 Å². The van der Waals surface area contributed by atoms with Crippen molar-refractivity contribution in [3.05, 3.63) is 40.9 Å². The number of hydrogen-bond acceptors (Lipinski definition) is 4. The molecule has 0 spiro atoms. The predicted octanol–water partition coefficient (Wildman–Crippen LogP) is 2.08. The number of aliphatic carboxylic acids is 1. The van der Waals surface area contributed by atoms with Crippen molar-refractivity contribution in [3.63, 3.8) is 0 Å². The Hall–Kier alpha value is -2.61. The van der Waals surface area contributed by atoms with E-state index in [-0.39, 0.29) is 6.61 Å². The van der Waals surface area contributed by atoms with Crippen molar-refractivity contribution in [1.82, 2.24) is 10.6 Å². The van der Waals surface area contributed by atoms with Crippen LogP contribution in [-0.4, -0.2) is 41.6 Å². The first-order valence-corrected chi connectivity index (χ1v) is 8.70. The summed E-state index contributed by atoms with van der Waals surface area (Å²) in [6.45, 7) is 2.56. The lowest BCUT2D eigenvalue weighted by Crippen LogP contribution is -2.50. The van der Waals surface area contributed by atoms with Gasteiger partial charge in [0.2, 0.25) is 5.91 Å². The predicted molar refractivity (Wildman–Crippen MR) is 100.0 cm³/mol. The highest BCUT2D eigenvalue weighted by Crippen LogP contribution is 2.24. The van der Waals surface area contributed by atoms with Crippen molar-refractivity contribution >= 4 is 44.5 Å². The standard InChI is InChI=1S/C18H19BrN2O5/c1-10(17(23)21-11(2)18(24)25)20-16(22)9-26-15-6-4-12-7-14(19)5-3-13(12)8-15/h3-8,10-11H,9H2,1-2H3,(H,20,22)(H,21,23)(H,24,25)/t10-,11-/m0/s1. The maximum absolute atomic E-state index is 11.9. The third-order valence-corrected chi connectivity index (χ3v) is 4.14. The topological polar surface area (TPSA) is 105 Å². The van der Waals surface area contributed by atoms with Gasteiger partial charge in [0.05, 0.1) is 0 Å². The quantitative estimate of drug-likeness (QED) is 0.633. The van der Waals surface area contributed by atoms with Crippen molar-refractivity contribution in [2.75, 3.05) is 6.61 Å². The van der Waals surface area contributed by atoms with Gasteiger partial charge in [-0.1, -0.05) is 28.1 Å². The molecule has 2 aromatic carbocycles. The zero-order valence-electron chi connectivity index (χ0n) is 14.3. The Kier molecular flexibility index (Phi) is 6.57. The van der Waals surface area contributed by atoms with Gasteiger partial charge in [-0.15, -0.1) is 0 Å². The Bertz CT molecular complexity index is 839. The average molecular weight is 423 g/mol. The number of carbonyl (C=O) groups is 3. The highest BCUT2D eigenvalue weighted by atomic mass is 79.9. The van der Waals surface area contributed by atoms with Crippen LogP contribution in [0.2, 0.25) is 0 Å². The van der Waals surface area contributed by atoms with E-state index < -0.39 is 29.9 Å². The molecule has 0 aromatic heterocycles. The molecule has 2 atom stereocenters. The summed E-state index contributed by atoms with van der Waals surface area (Å²) in [6.07, 6.45) is 0. The van der Waals surface area contributed by atoms with Gasteiger partial charge in [0, 0.05) is 4.47 Å². The second-order valence-electron chi connectivity index (χ2n) is 5.80. The first-order chi connectivity index (χ1) is 12.3. The number of carboxylic acid groups (broad SMARTS) is 1. The van der Waals surface area contributed by atoms with E-state index in [9.17, 15) is 14.4 Å². The van der Waals surface area contributed by atoms with Crippen LogP contribution in [0, 0.1) is 0 Å². The van der Waals surface area contributed by atoms with Crippen LogP contribution in [0.5, 0.6) is 5.75 Å². The van der Waals surface area contributed by atoms with E-state index in [2.05, 4.69) is 26.6 Å². The number of carboxylic acids is 1. The van der Waals surface area contributed by atoms with Crippen LogP contribution < -0.4 is 15.4 Å². The van der Waals surface area contributed by atoms with Crippen LogP contribution in [0.1, 0.15) is 13.8 Å². The molecule has 0 saturated carbocycles. The van der Waals surface area contributed by atoms with Gasteiger partial charge in [-0.25, -0.2) is 0 Å². The van der Waals surface area contributed by atoms with Crippen LogP contribution in [0.3, 0.4) is 0 Å². The monoisotopic (exact) mass is 422 g/mol. The Morgan fingerprint density at radius 2 is 1.69 bits per heavy atom. The lowest BCUT2D eigenvalue weighted by molar-refractivity contribution is -0.141. The largest absolute Gasteiger partial charge is 0.484 e. The fourth-order valence-electron chi connectivity index (χ4n) is 2.18. The molecule has 0 bridgehead atoms. The van der Waals surface area contributed by atoms with Gasteiger partial charge in [-0.2, -0.15) is 0 Å². The Balaban J connectivity index is 1.87. The van der Waals surface area contributed by atoms with E-state index in [4.69, 9.17) is 9.84 Å². The molecule has 0 fully saturated rings. The lowest BCUT2D eigenvalue weighted by atomic mass is 10.1. The van der Waals surface area contributed by atoms with Gasteiger partial charge in [0.1, 0.15) is 17.8 Å². The molecule has 0 heterocycles. The van der Waals surface area contributed by atoms with Crippen LogP contribution in [0.25, 0.3) is 10.8 Å². The molecule has 3 N–H and O–H groups in total. The van der Waals surface area contributed by atoms with E-state index in [1.54, 1.807) is 6.07 Å². The number of halogens is 1. The third-order valence-electron chi connectivity index (χ3n) is 3.64. The van der Waals surface area contributed by atoms with Crippen molar-refractivity contribution in [1.29, 1.82) is 0 Å². The van der Waals surface area contributed by atoms with Crippen molar-refractivity contribution in [2.24, 2.45) is 0 Å². The fraction of sp³-hybridized carbons (Fsp3) is 0.278. The van der Waals surface area contributed by atoms with Crippen LogP contribution in [0.15, 0.2) is 40.9 Å². The van der Waals surface area contributed by atoms with E-state index >= 15 is 0 Å². The average Bonchev–Trinajstić information content (AvgIpc) is 2.59. The molecule has 2 amide bonds. The lowest BCUT2D eigenvalue weighted by Gasteiger charge is -2.16. The van der Waals surface area contributed by atoms with Crippen molar-refractivity contribution in [2.45, 2.75) is 25.9 Å². The number of hydrogen-bond donors (Lipinski definition) is 3. The summed E-state index contributed by atoms with van der Waals surface area (Å²) in [5, 5.41) is 15.5. The van der Waals surface area contributed by atoms with Gasteiger partial charge in [-0.3, -0.25) is 14.4 Å². The zero-order chi connectivity index (χ0) is 19.3. The molecular formula is C18H19BrN2O5. The molecule has 0 aliphatic heterocycles. The van der Waals surface area contributed by atoms with E-state index in [1.165, 1.54) is 13.8 Å². The molecule has 0 aliphatic rings. The number of benzene rings is 2. The van der Waals surface area contributed by atoms with Gasteiger partial charge in [-0.05, 0) is 48.9 Å². The highest BCUT2D eigenvalue weighted by Gasteiger charge is 2.20. The fourth-order valence-corrected chi connectivity index (χ4v) is 2.56. The molecule has 2 aromatic rings. The number of nitrogens with one attached hydrogen (secondary N) is 2. The molecule has 0 radical (unpaired) electrons. The SMILES string of the molecule is C[C@H](NC(=O)[C@H](C)NC(=O)COc1ccc2cc(Br)ccc2c1)C(=O)O. The third kappa shape index (κ3) is 5.45. The normalized spacial score (nSPS) is 12.9. The molecule has 7 nitrogen and oxygen atoms in total. The Morgan fingerprint density at radius 1 is 1.04 bits per heavy atom. The van der Waals surface area contributed by atoms with Crippen LogP contribution in [0.4, 0.5) is 0 Å². The minimum atomic E-state index is -1.15. The summed E-state index contributed by atoms with van der Waals surface area (Å²) < 4.78 is 6.43. The van der Waals surface area contributed by atoms with Crippen LogP contribution >= 0.6 is 15.9 Å². The highest BCUT2D eigenvalue weighted by molar-refractivity contribution is 9.10. The van der Waals surface area contributed by atoms with Crippen molar-refractivity contribution < 1.29 is 24.2 Å². The summed E-state index contributed by atoms with van der Waals surface area (Å²) in [5.41, 5.74) is 0. The summed E-state index contributed by atoms with van der Waals surface area (Å²) in [4.78, 5) is 34.5. The first-order valence-electron chi connectivity index (χ1n) is 7.91. The second kappa shape index (κ2) is 8.66. The number of carbonyl (C=O) groups excluding carboxylic acids is 2. The summed E-state index contributed by atoms with van der Waals surface area (Å²) in [6, 6.07) is 9.38. The minimum absolute atomic E-state index is 0.256. The summed E-state index contributed by atoms with van der Waals surface area (Å²) in [7, 11) is 0. The maximum atomic E-state index is 11.9. The molecule has 138 valence electrons. The molecule has 0 unspecified atom stereocenters. The minimum Gasteiger partial charge on any atom is -0.484 e. The van der Waals surface area contributed by atoms with Gasteiger partial charge >= 0.3 is 5.97 Å². The maximum Gasteiger partial charge on any atom is 0.325 e. The number of fused-ring (bicyclic) bond motifs is 1. The smallest absolute Gasteiger partial charge is 0.325 e. The molecule has 8 heteroatoms. The summed E-state index contributed by atoms with van der Waals surface area (Å²) in [5.74, 6) is -1.67. The molecule has 26 heavy (non-hydrogen) atoms. The van der Waals surface area contributed by atoms with E-state index in [0.29, 0.717) is 5.75 Å². The number of amides is 2. The number of rotatable bonds is 7.